The van der Waals surface area contributed by atoms with E-state index >= 15 is 0 Å². The summed E-state index contributed by atoms with van der Waals surface area (Å²) in [7, 11) is 1.41. The molecule has 22 heavy (non-hydrogen) atoms. The van der Waals surface area contributed by atoms with Gasteiger partial charge in [0.25, 0.3) is 5.56 Å². The number of aryl methyl sites for hydroxylation is 1. The first-order valence-corrected chi connectivity index (χ1v) is 7.02. The number of nitrogens with zero attached hydrogens (tertiary/aromatic N) is 5. The predicted octanol–water partition coefficient (Wildman–Crippen LogP) is -0.826. The maximum atomic E-state index is 12.4. The monoisotopic (exact) mass is 304 g/mol. The molecule has 0 radical (unpaired) electrons. The van der Waals surface area contributed by atoms with Gasteiger partial charge in [-0.2, -0.15) is 10.2 Å². The van der Waals surface area contributed by atoms with Crippen LogP contribution in [-0.4, -0.2) is 45.4 Å². The van der Waals surface area contributed by atoms with Crippen LogP contribution in [0.25, 0.3) is 11.2 Å². The molecule has 116 valence electrons. The highest BCUT2D eigenvalue weighted by atomic mass is 16.5. The van der Waals surface area contributed by atoms with E-state index in [-0.39, 0.29) is 12.1 Å². The summed E-state index contributed by atoms with van der Waals surface area (Å²) in [6.07, 6.45) is 0.255. The molecule has 2 aromatic heterocycles. The third-order valence-corrected chi connectivity index (χ3v) is 3.73. The highest BCUT2D eigenvalue weighted by Crippen LogP contribution is 2.20. The van der Waals surface area contributed by atoms with E-state index in [1.54, 1.807) is 4.57 Å². The fourth-order valence-corrected chi connectivity index (χ4v) is 2.56. The maximum Gasteiger partial charge on any atom is 0.329 e. The van der Waals surface area contributed by atoms with Crippen LogP contribution in [0.2, 0.25) is 0 Å². The Labute approximate surface area is 125 Å². The van der Waals surface area contributed by atoms with Crippen molar-refractivity contribution in [3.8, 4) is 6.07 Å². The molecule has 0 aromatic carbocycles. The molecule has 1 aliphatic heterocycles. The largest absolute Gasteiger partial charge is 0.378 e. The molecule has 0 aliphatic carbocycles. The molecule has 0 amide bonds. The predicted molar refractivity (Wildman–Crippen MR) is 78.9 cm³/mol. The van der Waals surface area contributed by atoms with Crippen LogP contribution in [0.4, 0.5) is 5.95 Å². The zero-order valence-electron chi connectivity index (χ0n) is 12.2. The van der Waals surface area contributed by atoms with Crippen LogP contribution in [0.5, 0.6) is 0 Å². The molecule has 0 atom stereocenters. The summed E-state index contributed by atoms with van der Waals surface area (Å²) in [5.41, 5.74) is -0.342. The van der Waals surface area contributed by atoms with Crippen LogP contribution in [-0.2, 0) is 18.3 Å². The minimum absolute atomic E-state index is 0.255. The van der Waals surface area contributed by atoms with Crippen molar-refractivity contribution in [2.45, 2.75) is 13.0 Å². The minimum atomic E-state index is -0.504. The number of anilines is 1. The van der Waals surface area contributed by atoms with Crippen LogP contribution in [0, 0.1) is 11.3 Å². The second-order valence-electron chi connectivity index (χ2n) is 5.06. The molecule has 0 bridgehead atoms. The molecule has 1 fully saturated rings. The summed E-state index contributed by atoms with van der Waals surface area (Å²) in [4.78, 5) is 33.1. The van der Waals surface area contributed by atoms with Gasteiger partial charge in [0.2, 0.25) is 5.95 Å². The molecule has 1 N–H and O–H groups in total. The van der Waals surface area contributed by atoms with Gasteiger partial charge in [-0.3, -0.25) is 14.3 Å². The third-order valence-electron chi connectivity index (χ3n) is 3.73. The Morgan fingerprint density at radius 3 is 2.77 bits per heavy atom. The maximum absolute atomic E-state index is 12.4. The first-order chi connectivity index (χ1) is 10.6. The van der Waals surface area contributed by atoms with Crippen LogP contribution < -0.4 is 16.1 Å². The van der Waals surface area contributed by atoms with Gasteiger partial charge in [0, 0.05) is 26.7 Å². The van der Waals surface area contributed by atoms with Crippen molar-refractivity contribution in [3.05, 3.63) is 20.8 Å². The van der Waals surface area contributed by atoms with Crippen molar-refractivity contribution in [1.29, 1.82) is 5.26 Å². The Morgan fingerprint density at radius 2 is 2.09 bits per heavy atom. The summed E-state index contributed by atoms with van der Waals surface area (Å²) in [5.74, 6) is 0.590. The Bertz CT molecular complexity index is 849. The molecule has 0 unspecified atom stereocenters. The average Bonchev–Trinajstić information content (AvgIpc) is 2.90. The van der Waals surface area contributed by atoms with E-state index in [2.05, 4.69) is 16.0 Å². The van der Waals surface area contributed by atoms with Crippen molar-refractivity contribution in [1.82, 2.24) is 19.1 Å². The van der Waals surface area contributed by atoms with Crippen molar-refractivity contribution in [2.24, 2.45) is 7.05 Å². The van der Waals surface area contributed by atoms with E-state index < -0.39 is 11.2 Å². The molecule has 2 aromatic rings. The number of imidazole rings is 1. The number of H-pyrrole nitrogens is 1. The fourth-order valence-electron chi connectivity index (χ4n) is 2.56. The van der Waals surface area contributed by atoms with E-state index in [0.29, 0.717) is 44.3 Å². The van der Waals surface area contributed by atoms with E-state index in [0.717, 1.165) is 4.57 Å². The Morgan fingerprint density at radius 1 is 1.36 bits per heavy atom. The number of ether oxygens (including phenoxy) is 1. The van der Waals surface area contributed by atoms with Gasteiger partial charge in [0.15, 0.2) is 11.2 Å². The Hall–Kier alpha value is -2.60. The Balaban J connectivity index is 2.22. The van der Waals surface area contributed by atoms with Crippen LogP contribution in [0.15, 0.2) is 9.59 Å². The molecule has 0 spiro atoms. The van der Waals surface area contributed by atoms with E-state index in [1.807, 2.05) is 4.90 Å². The molecule has 3 rings (SSSR count). The van der Waals surface area contributed by atoms with Gasteiger partial charge in [0.1, 0.15) is 0 Å². The molecule has 0 saturated carbocycles. The minimum Gasteiger partial charge on any atom is -0.378 e. The van der Waals surface area contributed by atoms with Crippen molar-refractivity contribution in [3.63, 3.8) is 0 Å². The van der Waals surface area contributed by atoms with Crippen LogP contribution in [0.1, 0.15) is 6.42 Å². The second kappa shape index (κ2) is 5.65. The lowest BCUT2D eigenvalue weighted by Gasteiger charge is -2.28. The summed E-state index contributed by atoms with van der Waals surface area (Å²) in [6.45, 7) is 2.81. The van der Waals surface area contributed by atoms with Gasteiger partial charge in [-0.05, 0) is 0 Å². The first-order valence-electron chi connectivity index (χ1n) is 7.02. The summed E-state index contributed by atoms with van der Waals surface area (Å²) >= 11 is 0. The lowest BCUT2D eigenvalue weighted by Crippen LogP contribution is -2.38. The summed E-state index contributed by atoms with van der Waals surface area (Å²) in [6, 6.07) is 2.07. The topological polar surface area (TPSA) is 109 Å². The van der Waals surface area contributed by atoms with E-state index in [1.165, 1.54) is 7.05 Å². The third kappa shape index (κ3) is 2.27. The molecule has 3 heterocycles. The SMILES string of the molecule is Cn1c(=O)[nH]c2nc(N3CCOCC3)n(CCC#N)c2c1=O. The van der Waals surface area contributed by atoms with Crippen molar-refractivity contribution in [2.75, 3.05) is 31.2 Å². The standard InChI is InChI=1S/C13H16N6O3/c1-17-11(20)9-10(16-13(17)21)15-12(19(9)4-2-3-14)18-5-7-22-8-6-18/h2,4-8H2,1H3,(H,16,21). The highest BCUT2D eigenvalue weighted by Gasteiger charge is 2.22. The first kappa shape index (κ1) is 14.3. The average molecular weight is 304 g/mol. The Kier molecular flexibility index (Phi) is 3.68. The number of aromatic nitrogens is 4. The molecule has 9 heteroatoms. The van der Waals surface area contributed by atoms with Crippen LogP contribution >= 0.6 is 0 Å². The number of hydrogen-bond acceptors (Lipinski definition) is 6. The number of rotatable bonds is 3. The molecule has 1 saturated heterocycles. The number of aromatic amines is 1. The number of morpholine rings is 1. The second-order valence-corrected chi connectivity index (χ2v) is 5.06. The van der Waals surface area contributed by atoms with Gasteiger partial charge in [-0.15, -0.1) is 0 Å². The molecule has 9 nitrogen and oxygen atoms in total. The highest BCUT2D eigenvalue weighted by molar-refractivity contribution is 5.73. The molecular weight excluding hydrogens is 288 g/mol. The lowest BCUT2D eigenvalue weighted by molar-refractivity contribution is 0.121. The van der Waals surface area contributed by atoms with Gasteiger partial charge in [0.05, 0.1) is 25.7 Å². The lowest BCUT2D eigenvalue weighted by atomic mass is 10.4. The van der Waals surface area contributed by atoms with Crippen molar-refractivity contribution >= 4 is 17.1 Å². The number of hydrogen-bond donors (Lipinski definition) is 1. The van der Waals surface area contributed by atoms with E-state index in [4.69, 9.17) is 10.00 Å². The summed E-state index contributed by atoms with van der Waals surface area (Å²) < 4.78 is 8.04. The smallest absolute Gasteiger partial charge is 0.329 e. The quantitative estimate of drug-likeness (QED) is 0.793. The van der Waals surface area contributed by atoms with Gasteiger partial charge in [-0.1, -0.05) is 0 Å². The molecule has 1 aliphatic rings. The van der Waals surface area contributed by atoms with Crippen LogP contribution in [0.3, 0.4) is 0 Å². The number of nitrogens with one attached hydrogen (secondary N) is 1. The zero-order chi connectivity index (χ0) is 15.7. The zero-order valence-corrected chi connectivity index (χ0v) is 12.2. The van der Waals surface area contributed by atoms with Gasteiger partial charge in [-0.25, -0.2) is 4.79 Å². The molecular formula is C13H16N6O3. The number of nitriles is 1. The normalized spacial score (nSPS) is 15.2. The van der Waals surface area contributed by atoms with E-state index in [9.17, 15) is 9.59 Å². The number of fused-ring (bicyclic) bond motifs is 1. The summed E-state index contributed by atoms with van der Waals surface area (Å²) in [5, 5.41) is 8.85. The van der Waals surface area contributed by atoms with Gasteiger partial charge >= 0.3 is 5.69 Å². The fraction of sp³-hybridized carbons (Fsp3) is 0.538. The van der Waals surface area contributed by atoms with Gasteiger partial charge < -0.3 is 14.2 Å². The van der Waals surface area contributed by atoms with Crippen molar-refractivity contribution < 1.29 is 4.74 Å².